The van der Waals surface area contributed by atoms with E-state index in [0.717, 1.165) is 44.9 Å². The summed E-state index contributed by atoms with van der Waals surface area (Å²) in [7, 11) is 0. The van der Waals surface area contributed by atoms with Gasteiger partial charge >= 0.3 is 11.9 Å². The molecule has 0 saturated carbocycles. The fourth-order valence-electron chi connectivity index (χ4n) is 4.62. The standard InChI is InChI=1S/C34H64N2O10/c1-30(34(41)42)16-14-15-20-35-32(38)19-22-43-24-26-45-28-29-46-27-25-44-23-21-36-31(37)17-12-10-8-6-4-2-3-5-7-9-11-13-18-33(39)40/h30H,2-29H2,1H3,(H,35,38)(H,36,37)(H,39,40)(H,41,42)/t30-/m0/s1. The maximum absolute atomic E-state index is 11.9. The average molecular weight is 661 g/mol. The fraction of sp³-hybridized carbons (Fsp3) is 0.882. The number of rotatable bonds is 36. The third-order valence-electron chi connectivity index (χ3n) is 7.51. The quantitative estimate of drug-likeness (QED) is 0.0662. The lowest BCUT2D eigenvalue weighted by molar-refractivity contribution is -0.141. The lowest BCUT2D eigenvalue weighted by Gasteiger charge is -2.09. The van der Waals surface area contributed by atoms with Crippen molar-refractivity contribution in [2.24, 2.45) is 5.92 Å². The van der Waals surface area contributed by atoms with Gasteiger partial charge in [-0.2, -0.15) is 0 Å². The molecule has 0 aliphatic carbocycles. The molecule has 0 bridgehead atoms. The second-order valence-corrected chi connectivity index (χ2v) is 11.8. The van der Waals surface area contributed by atoms with Gasteiger partial charge in [0.05, 0.1) is 58.8 Å². The summed E-state index contributed by atoms with van der Waals surface area (Å²) in [4.78, 5) is 44.9. The molecule has 12 heteroatoms. The zero-order valence-corrected chi connectivity index (χ0v) is 28.5. The van der Waals surface area contributed by atoms with Gasteiger partial charge in [-0.15, -0.1) is 0 Å². The van der Waals surface area contributed by atoms with E-state index in [1.165, 1.54) is 44.9 Å². The molecule has 12 nitrogen and oxygen atoms in total. The van der Waals surface area contributed by atoms with E-state index in [0.29, 0.717) is 85.2 Å². The number of hydrogen-bond acceptors (Lipinski definition) is 8. The van der Waals surface area contributed by atoms with Gasteiger partial charge in [-0.25, -0.2) is 0 Å². The predicted molar refractivity (Wildman–Crippen MR) is 177 cm³/mol. The van der Waals surface area contributed by atoms with Crippen LogP contribution in [0.3, 0.4) is 0 Å². The number of ether oxygens (including phenoxy) is 4. The predicted octanol–water partition coefficient (Wildman–Crippen LogP) is 5.11. The zero-order valence-electron chi connectivity index (χ0n) is 28.5. The van der Waals surface area contributed by atoms with E-state index in [4.69, 9.17) is 29.2 Å². The van der Waals surface area contributed by atoms with Gasteiger partial charge in [0.1, 0.15) is 0 Å². The van der Waals surface area contributed by atoms with Crippen molar-refractivity contribution in [1.29, 1.82) is 0 Å². The maximum Gasteiger partial charge on any atom is 0.306 e. The molecule has 4 N–H and O–H groups in total. The Morgan fingerprint density at radius 2 is 0.891 bits per heavy atom. The monoisotopic (exact) mass is 660 g/mol. The van der Waals surface area contributed by atoms with E-state index in [1.807, 2.05) is 0 Å². The highest BCUT2D eigenvalue weighted by Gasteiger charge is 2.09. The summed E-state index contributed by atoms with van der Waals surface area (Å²) >= 11 is 0. The number of aliphatic carboxylic acids is 2. The van der Waals surface area contributed by atoms with Crippen molar-refractivity contribution >= 4 is 23.8 Å². The Balaban J connectivity index is 3.25. The van der Waals surface area contributed by atoms with Crippen LogP contribution in [-0.2, 0) is 38.1 Å². The molecule has 1 atom stereocenters. The molecule has 0 radical (unpaired) electrons. The van der Waals surface area contributed by atoms with E-state index in [2.05, 4.69) is 10.6 Å². The highest BCUT2D eigenvalue weighted by Crippen LogP contribution is 2.13. The summed E-state index contributed by atoms with van der Waals surface area (Å²) in [6, 6.07) is 0. The number of carbonyl (C=O) groups excluding carboxylic acids is 2. The van der Waals surface area contributed by atoms with E-state index in [-0.39, 0.29) is 24.2 Å². The van der Waals surface area contributed by atoms with Crippen molar-refractivity contribution in [3.05, 3.63) is 0 Å². The van der Waals surface area contributed by atoms with E-state index < -0.39 is 11.9 Å². The van der Waals surface area contributed by atoms with Gasteiger partial charge in [-0.1, -0.05) is 77.6 Å². The summed E-state index contributed by atoms with van der Waals surface area (Å²) < 4.78 is 21.8. The summed E-state index contributed by atoms with van der Waals surface area (Å²) in [6.45, 7) is 6.12. The molecule has 0 aromatic heterocycles. The molecule has 2 amide bonds. The van der Waals surface area contributed by atoms with Gasteiger partial charge in [0.2, 0.25) is 11.8 Å². The molecular weight excluding hydrogens is 596 g/mol. The molecule has 270 valence electrons. The summed E-state index contributed by atoms with van der Waals surface area (Å²) in [6.07, 6.45) is 16.8. The normalized spacial score (nSPS) is 11.8. The second kappa shape index (κ2) is 34.1. The molecule has 0 spiro atoms. The molecule has 0 fully saturated rings. The van der Waals surface area contributed by atoms with Crippen LogP contribution in [0, 0.1) is 5.92 Å². The Morgan fingerprint density at radius 1 is 0.478 bits per heavy atom. The lowest BCUT2D eigenvalue weighted by Crippen LogP contribution is -2.27. The first-order chi connectivity index (χ1) is 22.3. The summed E-state index contributed by atoms with van der Waals surface area (Å²) in [5.74, 6) is -1.84. The Labute approximate surface area is 277 Å². The van der Waals surface area contributed by atoms with Crippen LogP contribution in [0.1, 0.15) is 122 Å². The van der Waals surface area contributed by atoms with Crippen molar-refractivity contribution < 1.29 is 48.3 Å². The molecule has 0 unspecified atom stereocenters. The second-order valence-electron chi connectivity index (χ2n) is 11.8. The third kappa shape index (κ3) is 34.6. The van der Waals surface area contributed by atoms with Crippen LogP contribution in [0.4, 0.5) is 0 Å². The molecule has 0 saturated heterocycles. The van der Waals surface area contributed by atoms with Gasteiger partial charge in [0.15, 0.2) is 0 Å². The summed E-state index contributed by atoms with van der Waals surface area (Å²) in [5.41, 5.74) is 0. The molecule has 0 aromatic rings. The van der Waals surface area contributed by atoms with Crippen LogP contribution in [0.15, 0.2) is 0 Å². The Hall–Kier alpha value is -2.28. The SMILES string of the molecule is C[C@@H](CCCCNC(=O)CCOCCOCCOCCOCCNC(=O)CCCCCCCCCCCCCCC(=O)O)C(=O)O. The topological polar surface area (TPSA) is 170 Å². The Bertz CT molecular complexity index is 753. The Morgan fingerprint density at radius 3 is 1.39 bits per heavy atom. The molecule has 0 aromatic carbocycles. The minimum Gasteiger partial charge on any atom is -0.481 e. The number of unbranched alkanes of at least 4 members (excludes halogenated alkanes) is 12. The van der Waals surface area contributed by atoms with Gasteiger partial charge < -0.3 is 39.8 Å². The van der Waals surface area contributed by atoms with Gasteiger partial charge in [0.25, 0.3) is 0 Å². The largest absolute Gasteiger partial charge is 0.481 e. The number of nitrogens with one attached hydrogen (secondary N) is 2. The smallest absolute Gasteiger partial charge is 0.306 e. The maximum atomic E-state index is 11.9. The van der Waals surface area contributed by atoms with Gasteiger partial charge in [-0.3, -0.25) is 19.2 Å². The highest BCUT2D eigenvalue weighted by atomic mass is 16.6. The van der Waals surface area contributed by atoms with Crippen molar-refractivity contribution in [2.75, 3.05) is 65.9 Å². The first-order valence-electron chi connectivity index (χ1n) is 17.6. The molecule has 0 heterocycles. The lowest BCUT2D eigenvalue weighted by atomic mass is 10.0. The van der Waals surface area contributed by atoms with E-state index >= 15 is 0 Å². The van der Waals surface area contributed by atoms with Crippen LogP contribution in [-0.4, -0.2) is 99.9 Å². The molecule has 0 rings (SSSR count). The Kier molecular flexibility index (Phi) is 32.4. The fourth-order valence-corrected chi connectivity index (χ4v) is 4.62. The number of carboxylic acids is 2. The molecular formula is C34H64N2O10. The average Bonchev–Trinajstić information content (AvgIpc) is 3.02. The van der Waals surface area contributed by atoms with E-state index in [1.54, 1.807) is 6.92 Å². The van der Waals surface area contributed by atoms with Gasteiger partial charge in [-0.05, 0) is 25.7 Å². The molecule has 46 heavy (non-hydrogen) atoms. The van der Waals surface area contributed by atoms with Crippen LogP contribution >= 0.6 is 0 Å². The number of hydrogen-bond donors (Lipinski definition) is 4. The van der Waals surface area contributed by atoms with Crippen LogP contribution in [0.2, 0.25) is 0 Å². The minimum absolute atomic E-state index is 0.0732. The minimum atomic E-state index is -0.786. The van der Waals surface area contributed by atoms with Gasteiger partial charge in [0, 0.05) is 32.4 Å². The number of carbonyl (C=O) groups is 4. The summed E-state index contributed by atoms with van der Waals surface area (Å²) in [5, 5.41) is 23.2. The van der Waals surface area contributed by atoms with Crippen molar-refractivity contribution in [2.45, 2.75) is 122 Å². The van der Waals surface area contributed by atoms with E-state index in [9.17, 15) is 19.2 Å². The zero-order chi connectivity index (χ0) is 33.9. The number of carboxylic acid groups (broad SMARTS) is 2. The van der Waals surface area contributed by atoms with Crippen molar-refractivity contribution in [1.82, 2.24) is 10.6 Å². The van der Waals surface area contributed by atoms with Crippen LogP contribution in [0.5, 0.6) is 0 Å². The first kappa shape index (κ1) is 43.7. The third-order valence-corrected chi connectivity index (χ3v) is 7.51. The molecule has 0 aliphatic rings. The highest BCUT2D eigenvalue weighted by molar-refractivity contribution is 5.76. The molecule has 0 aliphatic heterocycles. The van der Waals surface area contributed by atoms with Crippen molar-refractivity contribution in [3.63, 3.8) is 0 Å². The van der Waals surface area contributed by atoms with Crippen LogP contribution in [0.25, 0.3) is 0 Å². The first-order valence-corrected chi connectivity index (χ1v) is 17.6. The van der Waals surface area contributed by atoms with Crippen molar-refractivity contribution in [3.8, 4) is 0 Å². The number of amides is 2. The van der Waals surface area contributed by atoms with Crippen LogP contribution < -0.4 is 10.6 Å².